The maximum absolute atomic E-state index is 13.4. The minimum absolute atomic E-state index is 0.149. The van der Waals surface area contributed by atoms with Crippen LogP contribution in [0.25, 0.3) is 0 Å². The van der Waals surface area contributed by atoms with Gasteiger partial charge in [-0.15, -0.1) is 0 Å². The van der Waals surface area contributed by atoms with Crippen molar-refractivity contribution < 1.29 is 9.13 Å². The lowest BCUT2D eigenvalue weighted by Gasteiger charge is -2.37. The average molecular weight is 346 g/mol. The standard InChI is InChI=1S/C16H25BrFNO/c1-5-16(4,20-7-3)15(19-6-2)11-12-10-13(18)8-9-14(12)17/h8-10,15,19H,5-7,11H2,1-4H3. The quantitative estimate of drug-likeness (QED) is 0.757. The Morgan fingerprint density at radius 3 is 2.60 bits per heavy atom. The third-order valence-corrected chi connectivity index (χ3v) is 4.57. The lowest BCUT2D eigenvalue weighted by molar-refractivity contribution is -0.0547. The lowest BCUT2D eigenvalue weighted by atomic mass is 9.88. The number of rotatable bonds is 8. The van der Waals surface area contributed by atoms with Crippen molar-refractivity contribution in [2.24, 2.45) is 0 Å². The number of ether oxygens (including phenoxy) is 1. The third kappa shape index (κ3) is 4.54. The summed E-state index contributed by atoms with van der Waals surface area (Å²) >= 11 is 3.50. The first kappa shape index (κ1) is 17.6. The van der Waals surface area contributed by atoms with Crippen molar-refractivity contribution in [1.29, 1.82) is 0 Å². The van der Waals surface area contributed by atoms with Gasteiger partial charge in [-0.25, -0.2) is 4.39 Å². The summed E-state index contributed by atoms with van der Waals surface area (Å²) in [5, 5.41) is 3.49. The smallest absolute Gasteiger partial charge is 0.123 e. The molecule has 1 rings (SSSR count). The Balaban J connectivity index is 2.99. The molecule has 0 fully saturated rings. The van der Waals surface area contributed by atoms with Crippen LogP contribution in [-0.2, 0) is 11.2 Å². The van der Waals surface area contributed by atoms with Gasteiger partial charge < -0.3 is 10.1 Å². The second-order valence-electron chi connectivity index (χ2n) is 5.15. The molecule has 1 N–H and O–H groups in total. The Bertz CT molecular complexity index is 427. The lowest BCUT2D eigenvalue weighted by Crippen LogP contribution is -2.51. The van der Waals surface area contributed by atoms with Gasteiger partial charge in [0.1, 0.15) is 5.82 Å². The molecule has 1 aromatic rings. The fourth-order valence-corrected chi connectivity index (χ4v) is 2.86. The Morgan fingerprint density at radius 2 is 2.05 bits per heavy atom. The van der Waals surface area contributed by atoms with Crippen molar-refractivity contribution in [3.05, 3.63) is 34.1 Å². The highest BCUT2D eigenvalue weighted by atomic mass is 79.9. The monoisotopic (exact) mass is 345 g/mol. The Labute approximate surface area is 130 Å². The molecule has 2 nitrogen and oxygen atoms in total. The molecular formula is C16H25BrFNO. The van der Waals surface area contributed by atoms with Crippen molar-refractivity contribution in [3.8, 4) is 0 Å². The molecule has 0 saturated carbocycles. The zero-order valence-electron chi connectivity index (χ0n) is 12.8. The molecule has 0 spiro atoms. The average Bonchev–Trinajstić information content (AvgIpc) is 2.42. The van der Waals surface area contributed by atoms with Gasteiger partial charge >= 0.3 is 0 Å². The van der Waals surface area contributed by atoms with Crippen molar-refractivity contribution >= 4 is 15.9 Å². The van der Waals surface area contributed by atoms with Gasteiger partial charge in [0, 0.05) is 17.1 Å². The molecule has 0 heterocycles. The van der Waals surface area contributed by atoms with E-state index in [-0.39, 0.29) is 17.5 Å². The van der Waals surface area contributed by atoms with Crippen LogP contribution in [0.1, 0.15) is 39.7 Å². The van der Waals surface area contributed by atoms with Crippen LogP contribution in [0.2, 0.25) is 0 Å². The van der Waals surface area contributed by atoms with E-state index in [1.165, 1.54) is 6.07 Å². The summed E-state index contributed by atoms with van der Waals surface area (Å²) in [6.45, 7) is 9.87. The van der Waals surface area contributed by atoms with E-state index in [1.807, 2.05) is 6.92 Å². The normalized spacial score (nSPS) is 15.9. The fraction of sp³-hybridized carbons (Fsp3) is 0.625. The molecular weight excluding hydrogens is 321 g/mol. The van der Waals surface area contributed by atoms with Crippen LogP contribution in [0.5, 0.6) is 0 Å². The van der Waals surface area contributed by atoms with E-state index in [4.69, 9.17) is 4.74 Å². The first-order valence-corrected chi connectivity index (χ1v) is 8.07. The van der Waals surface area contributed by atoms with Crippen LogP contribution in [0, 0.1) is 5.82 Å². The molecule has 0 aliphatic rings. The van der Waals surface area contributed by atoms with Gasteiger partial charge in [0.05, 0.1) is 5.60 Å². The number of benzene rings is 1. The Morgan fingerprint density at radius 1 is 1.35 bits per heavy atom. The molecule has 0 radical (unpaired) electrons. The van der Waals surface area contributed by atoms with E-state index in [2.05, 4.69) is 42.0 Å². The van der Waals surface area contributed by atoms with E-state index in [1.54, 1.807) is 12.1 Å². The molecule has 114 valence electrons. The largest absolute Gasteiger partial charge is 0.374 e. The molecule has 2 unspecified atom stereocenters. The Kier molecular flexibility index (Phi) is 7.13. The van der Waals surface area contributed by atoms with Crippen LogP contribution in [0.15, 0.2) is 22.7 Å². The van der Waals surface area contributed by atoms with Crippen molar-refractivity contribution in [3.63, 3.8) is 0 Å². The second-order valence-corrected chi connectivity index (χ2v) is 6.00. The van der Waals surface area contributed by atoms with Gasteiger partial charge in [-0.2, -0.15) is 0 Å². The second kappa shape index (κ2) is 8.11. The zero-order chi connectivity index (χ0) is 15.2. The summed E-state index contributed by atoms with van der Waals surface area (Å²) in [7, 11) is 0. The molecule has 0 aliphatic carbocycles. The van der Waals surface area contributed by atoms with Crippen LogP contribution in [0.4, 0.5) is 4.39 Å². The maximum Gasteiger partial charge on any atom is 0.123 e. The molecule has 0 aromatic heterocycles. The highest BCUT2D eigenvalue weighted by Gasteiger charge is 2.33. The van der Waals surface area contributed by atoms with Crippen LogP contribution < -0.4 is 5.32 Å². The predicted molar refractivity (Wildman–Crippen MR) is 85.6 cm³/mol. The molecule has 0 amide bonds. The minimum Gasteiger partial charge on any atom is -0.374 e. The maximum atomic E-state index is 13.4. The van der Waals surface area contributed by atoms with Crippen molar-refractivity contribution in [2.45, 2.75) is 52.2 Å². The molecule has 1 aromatic carbocycles. The Hall–Kier alpha value is -0.450. The van der Waals surface area contributed by atoms with Gasteiger partial charge in [-0.05, 0) is 57.0 Å². The van der Waals surface area contributed by atoms with Gasteiger partial charge in [-0.3, -0.25) is 0 Å². The molecule has 20 heavy (non-hydrogen) atoms. The minimum atomic E-state index is -0.253. The van der Waals surface area contributed by atoms with Crippen molar-refractivity contribution in [2.75, 3.05) is 13.2 Å². The van der Waals surface area contributed by atoms with Crippen LogP contribution in [0.3, 0.4) is 0 Å². The van der Waals surface area contributed by atoms with E-state index in [0.29, 0.717) is 6.61 Å². The molecule has 0 saturated heterocycles. The van der Waals surface area contributed by atoms with Gasteiger partial charge in [-0.1, -0.05) is 29.8 Å². The van der Waals surface area contributed by atoms with Gasteiger partial charge in [0.2, 0.25) is 0 Å². The molecule has 2 atom stereocenters. The number of hydrogen-bond acceptors (Lipinski definition) is 2. The third-order valence-electron chi connectivity index (χ3n) is 3.80. The highest BCUT2D eigenvalue weighted by molar-refractivity contribution is 9.10. The number of halogens is 2. The highest BCUT2D eigenvalue weighted by Crippen LogP contribution is 2.26. The number of nitrogens with one attached hydrogen (secondary N) is 1. The zero-order valence-corrected chi connectivity index (χ0v) is 14.4. The van der Waals surface area contributed by atoms with Gasteiger partial charge in [0.25, 0.3) is 0 Å². The summed E-state index contributed by atoms with van der Waals surface area (Å²) in [5.41, 5.74) is 0.714. The first-order valence-electron chi connectivity index (χ1n) is 7.28. The predicted octanol–water partition coefficient (Wildman–Crippen LogP) is 4.31. The SMILES string of the molecule is CCNC(Cc1cc(F)ccc1Br)C(C)(CC)OCC. The topological polar surface area (TPSA) is 21.3 Å². The summed E-state index contributed by atoms with van der Waals surface area (Å²) < 4.78 is 20.3. The van der Waals surface area contributed by atoms with Crippen molar-refractivity contribution in [1.82, 2.24) is 5.32 Å². The van der Waals surface area contributed by atoms with E-state index in [9.17, 15) is 4.39 Å². The molecule has 0 aliphatic heterocycles. The van der Waals surface area contributed by atoms with Gasteiger partial charge in [0.15, 0.2) is 0 Å². The first-order chi connectivity index (χ1) is 9.46. The number of likely N-dealkylation sites (N-methyl/N-ethyl adjacent to an activating group) is 1. The van der Waals surface area contributed by atoms with E-state index in [0.717, 1.165) is 29.4 Å². The van der Waals surface area contributed by atoms with Crippen LogP contribution in [-0.4, -0.2) is 24.8 Å². The summed E-state index contributed by atoms with van der Waals surface area (Å²) in [4.78, 5) is 0. The summed E-state index contributed by atoms with van der Waals surface area (Å²) in [6.07, 6.45) is 1.64. The fourth-order valence-electron chi connectivity index (χ4n) is 2.45. The van der Waals surface area contributed by atoms with E-state index >= 15 is 0 Å². The summed E-state index contributed by atoms with van der Waals surface area (Å²) in [5.74, 6) is -0.201. The number of hydrogen-bond donors (Lipinski definition) is 1. The molecule has 0 bridgehead atoms. The van der Waals surface area contributed by atoms with E-state index < -0.39 is 0 Å². The van der Waals surface area contributed by atoms with Crippen LogP contribution >= 0.6 is 15.9 Å². The molecule has 4 heteroatoms. The summed E-state index contributed by atoms with van der Waals surface area (Å²) in [6, 6.07) is 4.97.